The van der Waals surface area contributed by atoms with Crippen molar-refractivity contribution in [3.63, 3.8) is 0 Å². The topological polar surface area (TPSA) is 69.7 Å². The number of carbonyl (C=O) groups excluding carboxylic acids is 3. The summed E-state index contributed by atoms with van der Waals surface area (Å²) in [5, 5.41) is 0. The summed E-state index contributed by atoms with van der Waals surface area (Å²) in [6, 6.07) is 4.47. The molecule has 20 heavy (non-hydrogen) atoms. The maximum atomic E-state index is 11.7. The molecule has 5 nitrogen and oxygen atoms in total. The zero-order chi connectivity index (χ0) is 15.3. The van der Waals surface area contributed by atoms with Gasteiger partial charge < -0.3 is 9.47 Å². The molecule has 1 aromatic rings. The SMILES string of the molecule is COC(=O)c1ccc(CC(=O)OC(C)(C)C)c(C=O)c1. The van der Waals surface area contributed by atoms with Gasteiger partial charge in [0.15, 0.2) is 0 Å². The molecule has 0 aromatic heterocycles. The van der Waals surface area contributed by atoms with Gasteiger partial charge in [0.1, 0.15) is 11.9 Å². The van der Waals surface area contributed by atoms with Crippen LogP contribution in [0.3, 0.4) is 0 Å². The number of benzene rings is 1. The molecule has 0 heterocycles. The summed E-state index contributed by atoms with van der Waals surface area (Å²) in [7, 11) is 1.26. The molecule has 0 aliphatic carbocycles. The Kier molecular flexibility index (Phi) is 5.02. The third-order valence-electron chi connectivity index (χ3n) is 2.45. The van der Waals surface area contributed by atoms with Crippen LogP contribution in [0.15, 0.2) is 18.2 Å². The van der Waals surface area contributed by atoms with Crippen molar-refractivity contribution >= 4 is 18.2 Å². The first-order valence-electron chi connectivity index (χ1n) is 6.15. The van der Waals surface area contributed by atoms with E-state index in [0.29, 0.717) is 11.8 Å². The van der Waals surface area contributed by atoms with Crippen LogP contribution in [-0.4, -0.2) is 30.9 Å². The monoisotopic (exact) mass is 278 g/mol. The van der Waals surface area contributed by atoms with Gasteiger partial charge >= 0.3 is 11.9 Å². The Labute approximate surface area is 117 Å². The molecule has 0 fully saturated rings. The molecular weight excluding hydrogens is 260 g/mol. The van der Waals surface area contributed by atoms with Crippen molar-refractivity contribution in [2.45, 2.75) is 32.8 Å². The largest absolute Gasteiger partial charge is 0.465 e. The number of rotatable bonds is 4. The minimum atomic E-state index is -0.579. The van der Waals surface area contributed by atoms with Crippen LogP contribution in [0.1, 0.15) is 47.1 Å². The molecule has 108 valence electrons. The average Bonchev–Trinajstić information content (AvgIpc) is 2.36. The zero-order valence-electron chi connectivity index (χ0n) is 12.1. The summed E-state index contributed by atoms with van der Waals surface area (Å²) in [6.07, 6.45) is 0.582. The second-order valence-corrected chi connectivity index (χ2v) is 5.29. The summed E-state index contributed by atoms with van der Waals surface area (Å²) >= 11 is 0. The van der Waals surface area contributed by atoms with E-state index in [0.717, 1.165) is 0 Å². The van der Waals surface area contributed by atoms with Crippen molar-refractivity contribution in [1.82, 2.24) is 0 Å². The second kappa shape index (κ2) is 6.32. The minimum Gasteiger partial charge on any atom is -0.465 e. The minimum absolute atomic E-state index is 0.0210. The average molecular weight is 278 g/mol. The van der Waals surface area contributed by atoms with E-state index in [-0.39, 0.29) is 17.5 Å². The van der Waals surface area contributed by atoms with Crippen molar-refractivity contribution in [3.05, 3.63) is 34.9 Å². The highest BCUT2D eigenvalue weighted by Gasteiger charge is 2.18. The molecule has 1 rings (SSSR count). The van der Waals surface area contributed by atoms with Gasteiger partial charge in [0.2, 0.25) is 0 Å². The van der Waals surface area contributed by atoms with Crippen LogP contribution in [0.4, 0.5) is 0 Å². The quantitative estimate of drug-likeness (QED) is 0.623. The Bertz CT molecular complexity index is 526. The first-order valence-corrected chi connectivity index (χ1v) is 6.15. The van der Waals surface area contributed by atoms with E-state index in [1.165, 1.54) is 19.2 Å². The third kappa shape index (κ3) is 4.50. The number of hydrogen-bond donors (Lipinski definition) is 0. The molecule has 0 unspecified atom stereocenters. The Morgan fingerprint density at radius 2 is 1.90 bits per heavy atom. The second-order valence-electron chi connectivity index (χ2n) is 5.29. The fourth-order valence-corrected chi connectivity index (χ4v) is 1.64. The van der Waals surface area contributed by atoms with E-state index in [2.05, 4.69) is 4.74 Å². The summed E-state index contributed by atoms with van der Waals surface area (Å²) in [5.41, 5.74) is 0.480. The van der Waals surface area contributed by atoms with Gasteiger partial charge in [0.05, 0.1) is 19.1 Å². The molecule has 0 saturated heterocycles. The lowest BCUT2D eigenvalue weighted by atomic mass is 10.0. The Morgan fingerprint density at radius 3 is 2.40 bits per heavy atom. The van der Waals surface area contributed by atoms with E-state index in [9.17, 15) is 14.4 Å². The van der Waals surface area contributed by atoms with Crippen LogP contribution in [0.25, 0.3) is 0 Å². The van der Waals surface area contributed by atoms with Crippen molar-refractivity contribution in [2.75, 3.05) is 7.11 Å². The van der Waals surface area contributed by atoms with Crippen LogP contribution >= 0.6 is 0 Å². The molecular formula is C15H18O5. The molecule has 1 aromatic carbocycles. The van der Waals surface area contributed by atoms with E-state index >= 15 is 0 Å². The van der Waals surface area contributed by atoms with Crippen LogP contribution < -0.4 is 0 Å². The number of hydrogen-bond acceptors (Lipinski definition) is 5. The maximum Gasteiger partial charge on any atom is 0.337 e. The predicted molar refractivity (Wildman–Crippen MR) is 72.7 cm³/mol. The van der Waals surface area contributed by atoms with Gasteiger partial charge in [-0.2, -0.15) is 0 Å². The zero-order valence-corrected chi connectivity index (χ0v) is 12.1. The molecule has 0 atom stereocenters. The van der Waals surface area contributed by atoms with Gasteiger partial charge in [-0.05, 0) is 38.5 Å². The fraction of sp³-hybridized carbons (Fsp3) is 0.400. The normalized spacial score (nSPS) is 10.8. The molecule has 0 aliphatic heterocycles. The van der Waals surface area contributed by atoms with Crippen LogP contribution in [0.5, 0.6) is 0 Å². The highest BCUT2D eigenvalue weighted by Crippen LogP contribution is 2.15. The summed E-state index contributed by atoms with van der Waals surface area (Å²) in [5.74, 6) is -0.955. The Morgan fingerprint density at radius 1 is 1.25 bits per heavy atom. The van der Waals surface area contributed by atoms with Crippen LogP contribution in [0.2, 0.25) is 0 Å². The number of esters is 2. The van der Waals surface area contributed by atoms with Crippen molar-refractivity contribution in [1.29, 1.82) is 0 Å². The number of aldehydes is 1. The van der Waals surface area contributed by atoms with Crippen molar-refractivity contribution in [3.8, 4) is 0 Å². The van der Waals surface area contributed by atoms with Crippen molar-refractivity contribution < 1.29 is 23.9 Å². The maximum absolute atomic E-state index is 11.7. The standard InChI is InChI=1S/C15H18O5/c1-15(2,3)20-13(17)8-10-5-6-11(14(18)19-4)7-12(10)9-16/h5-7,9H,8H2,1-4H3. The van der Waals surface area contributed by atoms with Gasteiger partial charge in [-0.3, -0.25) is 9.59 Å². The van der Waals surface area contributed by atoms with Crippen LogP contribution in [-0.2, 0) is 20.7 Å². The van der Waals surface area contributed by atoms with Gasteiger partial charge in [-0.1, -0.05) is 6.07 Å². The fourth-order valence-electron chi connectivity index (χ4n) is 1.64. The highest BCUT2D eigenvalue weighted by atomic mass is 16.6. The molecule has 0 saturated carbocycles. The summed E-state index contributed by atoms with van der Waals surface area (Å²) in [6.45, 7) is 5.31. The van der Waals surface area contributed by atoms with Gasteiger partial charge in [-0.25, -0.2) is 4.79 Å². The van der Waals surface area contributed by atoms with E-state index in [1.54, 1.807) is 26.8 Å². The lowest BCUT2D eigenvalue weighted by Gasteiger charge is -2.19. The highest BCUT2D eigenvalue weighted by molar-refractivity contribution is 5.92. The summed E-state index contributed by atoms with van der Waals surface area (Å²) in [4.78, 5) is 34.2. The van der Waals surface area contributed by atoms with E-state index < -0.39 is 17.5 Å². The first-order chi connectivity index (χ1) is 9.26. The molecule has 0 N–H and O–H groups in total. The Hall–Kier alpha value is -2.17. The molecule has 0 bridgehead atoms. The van der Waals surface area contributed by atoms with Gasteiger partial charge in [-0.15, -0.1) is 0 Å². The van der Waals surface area contributed by atoms with Gasteiger partial charge in [0.25, 0.3) is 0 Å². The molecule has 0 aliphatic rings. The third-order valence-corrected chi connectivity index (χ3v) is 2.45. The lowest BCUT2D eigenvalue weighted by molar-refractivity contribution is -0.153. The number of carbonyl (C=O) groups is 3. The van der Waals surface area contributed by atoms with E-state index in [4.69, 9.17) is 4.74 Å². The molecule has 5 heteroatoms. The lowest BCUT2D eigenvalue weighted by Crippen LogP contribution is -2.25. The number of ether oxygens (including phenoxy) is 2. The first kappa shape index (κ1) is 15.9. The smallest absolute Gasteiger partial charge is 0.337 e. The van der Waals surface area contributed by atoms with E-state index in [1.807, 2.05) is 0 Å². The Balaban J connectivity index is 2.94. The molecule has 0 spiro atoms. The predicted octanol–water partition coefficient (Wildman–Crippen LogP) is 2.17. The molecule has 0 radical (unpaired) electrons. The molecule has 0 amide bonds. The van der Waals surface area contributed by atoms with Gasteiger partial charge in [0, 0.05) is 5.56 Å². The summed E-state index contributed by atoms with van der Waals surface area (Å²) < 4.78 is 9.77. The van der Waals surface area contributed by atoms with Crippen molar-refractivity contribution in [2.24, 2.45) is 0 Å². The number of methoxy groups -OCH3 is 1. The van der Waals surface area contributed by atoms with Crippen LogP contribution in [0, 0.1) is 0 Å².